The van der Waals surface area contributed by atoms with Gasteiger partial charge in [-0.1, -0.05) is 43.3 Å². The van der Waals surface area contributed by atoms with Crippen LogP contribution in [-0.2, 0) is 12.3 Å². The molecular formula is C17H18F2. The van der Waals surface area contributed by atoms with Crippen LogP contribution in [0.3, 0.4) is 0 Å². The number of alkyl halides is 2. The zero-order valence-electron chi connectivity index (χ0n) is 11.5. The van der Waals surface area contributed by atoms with E-state index in [1.807, 2.05) is 18.2 Å². The molecule has 2 rings (SSSR count). The average Bonchev–Trinajstić information content (AvgIpc) is 2.38. The second-order valence-corrected chi connectivity index (χ2v) is 4.96. The molecule has 0 bridgehead atoms. The van der Waals surface area contributed by atoms with E-state index in [4.69, 9.17) is 0 Å². The third-order valence-electron chi connectivity index (χ3n) is 3.43. The number of aryl methyl sites for hydroxylation is 2. The van der Waals surface area contributed by atoms with E-state index in [9.17, 15) is 8.78 Å². The number of rotatable bonds is 3. The van der Waals surface area contributed by atoms with Crippen molar-refractivity contribution in [2.45, 2.75) is 33.1 Å². The van der Waals surface area contributed by atoms with E-state index in [0.717, 1.165) is 24.5 Å². The first-order chi connectivity index (χ1) is 8.91. The fourth-order valence-corrected chi connectivity index (χ4v) is 2.20. The summed E-state index contributed by atoms with van der Waals surface area (Å²) in [4.78, 5) is 0. The minimum atomic E-state index is -2.80. The van der Waals surface area contributed by atoms with Crippen molar-refractivity contribution in [3.05, 3.63) is 59.2 Å². The first kappa shape index (κ1) is 13.7. The molecule has 0 amide bonds. The quantitative estimate of drug-likeness (QED) is 0.699. The van der Waals surface area contributed by atoms with Crippen molar-refractivity contribution in [2.24, 2.45) is 0 Å². The lowest BCUT2D eigenvalue weighted by Gasteiger charge is -2.13. The second kappa shape index (κ2) is 5.12. The Labute approximate surface area is 113 Å². The molecule has 19 heavy (non-hydrogen) atoms. The van der Waals surface area contributed by atoms with Crippen LogP contribution in [-0.4, -0.2) is 0 Å². The van der Waals surface area contributed by atoms with Crippen molar-refractivity contribution in [2.75, 3.05) is 0 Å². The maximum atomic E-state index is 13.4. The summed E-state index contributed by atoms with van der Waals surface area (Å²) in [5.41, 5.74) is 4.39. The van der Waals surface area contributed by atoms with Gasteiger partial charge in [-0.05, 0) is 41.7 Å². The molecule has 0 spiro atoms. The van der Waals surface area contributed by atoms with Gasteiger partial charge in [-0.15, -0.1) is 0 Å². The average molecular weight is 260 g/mol. The third-order valence-corrected chi connectivity index (χ3v) is 3.43. The van der Waals surface area contributed by atoms with E-state index in [1.54, 1.807) is 12.1 Å². The van der Waals surface area contributed by atoms with Crippen molar-refractivity contribution >= 4 is 0 Å². The maximum absolute atomic E-state index is 13.4. The van der Waals surface area contributed by atoms with Crippen LogP contribution in [0.2, 0.25) is 0 Å². The van der Waals surface area contributed by atoms with E-state index in [-0.39, 0.29) is 5.56 Å². The summed E-state index contributed by atoms with van der Waals surface area (Å²) < 4.78 is 26.7. The SMILES string of the molecule is CCc1cc(-c2cccc(C(C)(F)F)c2)ccc1C. The predicted molar refractivity (Wildman–Crippen MR) is 75.6 cm³/mol. The van der Waals surface area contributed by atoms with E-state index in [1.165, 1.54) is 17.2 Å². The van der Waals surface area contributed by atoms with Gasteiger partial charge in [0.25, 0.3) is 5.92 Å². The Bertz CT molecular complexity index is 580. The molecular weight excluding hydrogens is 242 g/mol. The van der Waals surface area contributed by atoms with Gasteiger partial charge in [0.15, 0.2) is 0 Å². The smallest absolute Gasteiger partial charge is 0.202 e. The zero-order chi connectivity index (χ0) is 14.0. The van der Waals surface area contributed by atoms with Gasteiger partial charge >= 0.3 is 0 Å². The van der Waals surface area contributed by atoms with Gasteiger partial charge < -0.3 is 0 Å². The normalized spacial score (nSPS) is 11.6. The summed E-state index contributed by atoms with van der Waals surface area (Å²) in [6.45, 7) is 5.10. The van der Waals surface area contributed by atoms with Crippen LogP contribution < -0.4 is 0 Å². The highest BCUT2D eigenvalue weighted by Gasteiger charge is 2.24. The highest BCUT2D eigenvalue weighted by Crippen LogP contribution is 2.31. The van der Waals surface area contributed by atoms with Crippen LogP contribution in [0, 0.1) is 6.92 Å². The molecule has 0 radical (unpaired) electrons. The fraction of sp³-hybridized carbons (Fsp3) is 0.294. The topological polar surface area (TPSA) is 0 Å². The minimum absolute atomic E-state index is 0.0589. The first-order valence-corrected chi connectivity index (χ1v) is 6.50. The fourth-order valence-electron chi connectivity index (χ4n) is 2.20. The third kappa shape index (κ3) is 3.01. The summed E-state index contributed by atoms with van der Waals surface area (Å²) >= 11 is 0. The molecule has 0 N–H and O–H groups in total. The Morgan fingerprint density at radius 3 is 2.32 bits per heavy atom. The molecule has 2 aromatic rings. The summed E-state index contributed by atoms with van der Waals surface area (Å²) in [5.74, 6) is -2.80. The summed E-state index contributed by atoms with van der Waals surface area (Å²) in [5, 5.41) is 0. The zero-order valence-corrected chi connectivity index (χ0v) is 11.5. The molecule has 0 saturated heterocycles. The highest BCUT2D eigenvalue weighted by atomic mass is 19.3. The second-order valence-electron chi connectivity index (χ2n) is 4.96. The number of benzene rings is 2. The lowest BCUT2D eigenvalue weighted by molar-refractivity contribution is 0.0175. The van der Waals surface area contributed by atoms with E-state index in [0.29, 0.717) is 0 Å². The molecule has 2 heteroatoms. The van der Waals surface area contributed by atoms with Crippen molar-refractivity contribution in [3.8, 4) is 11.1 Å². The molecule has 0 unspecified atom stereocenters. The standard InChI is InChI=1S/C17H18F2/c1-4-13-10-15(9-8-12(13)2)14-6-5-7-16(11-14)17(3,18)19/h5-11H,4H2,1-3H3. The lowest BCUT2D eigenvalue weighted by atomic mass is 9.96. The summed E-state index contributed by atoms with van der Waals surface area (Å²) in [6, 6.07) is 12.7. The molecule has 100 valence electrons. The van der Waals surface area contributed by atoms with Gasteiger partial charge in [0.05, 0.1) is 0 Å². The maximum Gasteiger partial charge on any atom is 0.270 e. The van der Waals surface area contributed by atoms with Gasteiger partial charge in [-0.25, -0.2) is 8.78 Å². The Morgan fingerprint density at radius 1 is 1.00 bits per heavy atom. The Kier molecular flexibility index (Phi) is 3.70. The van der Waals surface area contributed by atoms with Gasteiger partial charge in [-0.2, -0.15) is 0 Å². The molecule has 0 aliphatic heterocycles. The molecule has 0 fully saturated rings. The lowest BCUT2D eigenvalue weighted by Crippen LogP contribution is -2.06. The largest absolute Gasteiger partial charge is 0.270 e. The molecule has 2 aromatic carbocycles. The van der Waals surface area contributed by atoms with Crippen molar-refractivity contribution < 1.29 is 8.78 Å². The minimum Gasteiger partial charge on any atom is -0.202 e. The predicted octanol–water partition coefficient (Wildman–Crippen LogP) is 5.34. The highest BCUT2D eigenvalue weighted by molar-refractivity contribution is 5.66. The monoisotopic (exact) mass is 260 g/mol. The van der Waals surface area contributed by atoms with Crippen LogP contribution >= 0.6 is 0 Å². The van der Waals surface area contributed by atoms with Gasteiger partial charge in [0.1, 0.15) is 0 Å². The molecule has 0 aromatic heterocycles. The molecule has 0 heterocycles. The number of hydrogen-bond donors (Lipinski definition) is 0. The van der Waals surface area contributed by atoms with Crippen LogP contribution in [0.1, 0.15) is 30.5 Å². The van der Waals surface area contributed by atoms with Crippen LogP contribution in [0.25, 0.3) is 11.1 Å². The van der Waals surface area contributed by atoms with Gasteiger partial charge in [0.2, 0.25) is 0 Å². The van der Waals surface area contributed by atoms with Crippen molar-refractivity contribution in [1.29, 1.82) is 0 Å². The summed E-state index contributed by atoms with van der Waals surface area (Å²) in [7, 11) is 0. The molecule has 0 atom stereocenters. The van der Waals surface area contributed by atoms with Gasteiger partial charge in [-0.3, -0.25) is 0 Å². The van der Waals surface area contributed by atoms with E-state index < -0.39 is 5.92 Å². The summed E-state index contributed by atoms with van der Waals surface area (Å²) in [6.07, 6.45) is 0.948. The van der Waals surface area contributed by atoms with E-state index >= 15 is 0 Å². The Hall–Kier alpha value is -1.70. The van der Waals surface area contributed by atoms with Crippen molar-refractivity contribution in [3.63, 3.8) is 0 Å². The van der Waals surface area contributed by atoms with Crippen LogP contribution in [0.5, 0.6) is 0 Å². The van der Waals surface area contributed by atoms with Crippen LogP contribution in [0.4, 0.5) is 8.78 Å². The number of halogens is 2. The number of hydrogen-bond acceptors (Lipinski definition) is 0. The van der Waals surface area contributed by atoms with Crippen molar-refractivity contribution in [1.82, 2.24) is 0 Å². The molecule has 0 nitrogen and oxygen atoms in total. The van der Waals surface area contributed by atoms with Crippen LogP contribution in [0.15, 0.2) is 42.5 Å². The molecule has 0 aliphatic rings. The Balaban J connectivity index is 2.47. The van der Waals surface area contributed by atoms with Gasteiger partial charge in [0, 0.05) is 12.5 Å². The first-order valence-electron chi connectivity index (χ1n) is 6.50. The van der Waals surface area contributed by atoms with E-state index in [2.05, 4.69) is 19.9 Å². The Morgan fingerprint density at radius 2 is 1.68 bits per heavy atom. The molecule has 0 aliphatic carbocycles. The molecule has 0 saturated carbocycles.